The number of rotatable bonds is 2. The van der Waals surface area contributed by atoms with E-state index in [-0.39, 0.29) is 5.57 Å². The standard InChI is InChI=1S/C14H10N2O3/c1-18-13(17)11-7-14(8-15,9-16)19-12(11)10-5-3-2-4-6-10/h2-7,12H,1H3/t12-/m1/s1. The smallest absolute Gasteiger partial charge is 0.336 e. The first-order chi connectivity index (χ1) is 9.15. The van der Waals surface area contributed by atoms with E-state index in [1.54, 1.807) is 36.4 Å². The lowest BCUT2D eigenvalue weighted by atomic mass is 10.0. The Bertz CT molecular complexity index is 594. The van der Waals surface area contributed by atoms with Crippen LogP contribution in [0.25, 0.3) is 0 Å². The van der Waals surface area contributed by atoms with Crippen LogP contribution < -0.4 is 0 Å². The van der Waals surface area contributed by atoms with Crippen LogP contribution >= 0.6 is 0 Å². The number of nitrogens with zero attached hydrogens (tertiary/aromatic N) is 2. The van der Waals surface area contributed by atoms with Crippen LogP contribution in [0.2, 0.25) is 0 Å². The normalized spacial score (nSPS) is 19.9. The molecule has 0 aliphatic carbocycles. The Morgan fingerprint density at radius 1 is 1.32 bits per heavy atom. The maximum absolute atomic E-state index is 11.7. The number of hydrogen-bond acceptors (Lipinski definition) is 5. The molecule has 0 unspecified atom stereocenters. The Morgan fingerprint density at radius 2 is 1.95 bits per heavy atom. The second-order valence-corrected chi connectivity index (χ2v) is 3.96. The molecular weight excluding hydrogens is 244 g/mol. The van der Waals surface area contributed by atoms with Gasteiger partial charge in [0, 0.05) is 0 Å². The summed E-state index contributed by atoms with van der Waals surface area (Å²) in [6, 6.07) is 12.4. The molecule has 0 fully saturated rings. The van der Waals surface area contributed by atoms with E-state index in [9.17, 15) is 4.79 Å². The zero-order chi connectivity index (χ0) is 13.9. The third-order valence-corrected chi connectivity index (χ3v) is 2.80. The highest BCUT2D eigenvalue weighted by molar-refractivity contribution is 5.91. The second-order valence-electron chi connectivity index (χ2n) is 3.96. The van der Waals surface area contributed by atoms with E-state index in [0.29, 0.717) is 5.56 Å². The summed E-state index contributed by atoms with van der Waals surface area (Å²) in [5.41, 5.74) is -0.896. The van der Waals surface area contributed by atoms with E-state index in [1.165, 1.54) is 13.2 Å². The van der Waals surface area contributed by atoms with E-state index in [2.05, 4.69) is 4.74 Å². The van der Waals surface area contributed by atoms with Crippen molar-refractivity contribution in [3.63, 3.8) is 0 Å². The number of hydrogen-bond donors (Lipinski definition) is 0. The van der Waals surface area contributed by atoms with Crippen molar-refractivity contribution < 1.29 is 14.3 Å². The van der Waals surface area contributed by atoms with Crippen LogP contribution in [0.15, 0.2) is 42.0 Å². The third kappa shape index (κ3) is 2.20. The largest absolute Gasteiger partial charge is 0.466 e. The molecule has 0 N–H and O–H groups in total. The first kappa shape index (κ1) is 12.8. The summed E-state index contributed by atoms with van der Waals surface area (Å²) in [4.78, 5) is 11.7. The average Bonchev–Trinajstić information content (AvgIpc) is 2.88. The van der Waals surface area contributed by atoms with Gasteiger partial charge in [0.15, 0.2) is 0 Å². The summed E-state index contributed by atoms with van der Waals surface area (Å²) in [7, 11) is 1.24. The lowest BCUT2D eigenvalue weighted by molar-refractivity contribution is -0.137. The molecule has 1 atom stereocenters. The minimum absolute atomic E-state index is 0.164. The van der Waals surface area contributed by atoms with Crippen LogP contribution in [0.1, 0.15) is 11.7 Å². The van der Waals surface area contributed by atoms with Crippen LogP contribution in [0.4, 0.5) is 0 Å². The van der Waals surface area contributed by atoms with Gasteiger partial charge in [-0.15, -0.1) is 0 Å². The Kier molecular flexibility index (Phi) is 3.33. The van der Waals surface area contributed by atoms with Crippen molar-refractivity contribution in [1.82, 2.24) is 0 Å². The Labute approximate surface area is 110 Å². The molecule has 0 radical (unpaired) electrons. The SMILES string of the molecule is COC(=O)C1=CC(C#N)(C#N)O[C@@H]1c1ccccc1. The van der Waals surface area contributed by atoms with Gasteiger partial charge in [0.25, 0.3) is 5.60 Å². The highest BCUT2D eigenvalue weighted by Crippen LogP contribution is 2.39. The molecule has 5 nitrogen and oxygen atoms in total. The first-order valence-electron chi connectivity index (χ1n) is 5.52. The number of benzene rings is 1. The fourth-order valence-electron chi connectivity index (χ4n) is 1.88. The van der Waals surface area contributed by atoms with Crippen molar-refractivity contribution >= 4 is 5.97 Å². The molecule has 1 aromatic carbocycles. The van der Waals surface area contributed by atoms with Gasteiger partial charge < -0.3 is 9.47 Å². The van der Waals surface area contributed by atoms with E-state index >= 15 is 0 Å². The molecule has 1 aliphatic heterocycles. The summed E-state index contributed by atoms with van der Waals surface area (Å²) in [5.74, 6) is -0.610. The van der Waals surface area contributed by atoms with Gasteiger partial charge in [-0.25, -0.2) is 4.79 Å². The molecule has 1 aliphatic rings. The molecule has 0 saturated heterocycles. The molecule has 0 spiro atoms. The summed E-state index contributed by atoms with van der Waals surface area (Å²) in [6.07, 6.45) is 0.448. The molecule has 2 rings (SSSR count). The van der Waals surface area contributed by atoms with Crippen LogP contribution in [0.5, 0.6) is 0 Å². The number of nitriles is 2. The molecule has 0 saturated carbocycles. The van der Waals surface area contributed by atoms with Crippen LogP contribution in [-0.4, -0.2) is 18.7 Å². The lowest BCUT2D eigenvalue weighted by Gasteiger charge is -2.16. The first-order valence-corrected chi connectivity index (χ1v) is 5.52. The van der Waals surface area contributed by atoms with Gasteiger partial charge in [-0.2, -0.15) is 10.5 Å². The van der Waals surface area contributed by atoms with Crippen LogP contribution in [0.3, 0.4) is 0 Å². The summed E-state index contributed by atoms with van der Waals surface area (Å²) < 4.78 is 10.1. The number of methoxy groups -OCH3 is 1. The predicted octanol–water partition coefficient (Wildman–Crippen LogP) is 1.64. The Hall–Kier alpha value is -2.63. The van der Waals surface area contributed by atoms with Gasteiger partial charge in [0.1, 0.15) is 18.2 Å². The number of carbonyl (C=O) groups is 1. The Balaban J connectivity index is 2.47. The van der Waals surface area contributed by atoms with Gasteiger partial charge >= 0.3 is 5.97 Å². The quantitative estimate of drug-likeness (QED) is 0.749. The zero-order valence-corrected chi connectivity index (χ0v) is 10.2. The highest BCUT2D eigenvalue weighted by atomic mass is 16.5. The maximum Gasteiger partial charge on any atom is 0.336 e. The maximum atomic E-state index is 11.7. The van der Waals surface area contributed by atoms with E-state index in [1.807, 2.05) is 6.07 Å². The highest BCUT2D eigenvalue weighted by Gasteiger charge is 2.44. The minimum atomic E-state index is -1.75. The van der Waals surface area contributed by atoms with Crippen LogP contribution in [-0.2, 0) is 14.3 Å². The summed E-state index contributed by atoms with van der Waals surface area (Å²) in [5, 5.41) is 18.1. The van der Waals surface area contributed by atoms with Crippen LogP contribution in [0, 0.1) is 22.7 Å². The molecule has 0 bridgehead atoms. The van der Waals surface area contributed by atoms with E-state index in [0.717, 1.165) is 0 Å². The Morgan fingerprint density at radius 3 is 2.47 bits per heavy atom. The predicted molar refractivity (Wildman–Crippen MR) is 64.3 cm³/mol. The molecule has 0 aromatic heterocycles. The number of esters is 1. The van der Waals surface area contributed by atoms with Gasteiger partial charge in [0.2, 0.25) is 0 Å². The lowest BCUT2D eigenvalue weighted by Crippen LogP contribution is -2.22. The third-order valence-electron chi connectivity index (χ3n) is 2.80. The molecule has 1 aromatic rings. The summed E-state index contributed by atoms with van der Waals surface area (Å²) >= 11 is 0. The molecule has 0 amide bonds. The van der Waals surface area contributed by atoms with Crippen molar-refractivity contribution in [1.29, 1.82) is 10.5 Å². The van der Waals surface area contributed by atoms with Crippen molar-refractivity contribution in [3.8, 4) is 12.1 Å². The van der Waals surface area contributed by atoms with E-state index < -0.39 is 17.7 Å². The number of ether oxygens (including phenoxy) is 2. The van der Waals surface area contributed by atoms with Crippen molar-refractivity contribution in [2.24, 2.45) is 0 Å². The molecular formula is C14H10N2O3. The van der Waals surface area contributed by atoms with Gasteiger partial charge in [-0.05, 0) is 11.6 Å². The number of carbonyl (C=O) groups excluding carboxylic acids is 1. The molecule has 19 heavy (non-hydrogen) atoms. The summed E-state index contributed by atoms with van der Waals surface area (Å²) in [6.45, 7) is 0. The zero-order valence-electron chi connectivity index (χ0n) is 10.2. The monoisotopic (exact) mass is 254 g/mol. The second kappa shape index (κ2) is 4.93. The average molecular weight is 254 g/mol. The fraction of sp³-hybridized carbons (Fsp3) is 0.214. The van der Waals surface area contributed by atoms with E-state index in [4.69, 9.17) is 15.3 Å². The van der Waals surface area contributed by atoms with Crippen molar-refractivity contribution in [2.75, 3.05) is 7.11 Å². The van der Waals surface area contributed by atoms with Gasteiger partial charge in [0.05, 0.1) is 12.7 Å². The topological polar surface area (TPSA) is 83.1 Å². The van der Waals surface area contributed by atoms with Crippen molar-refractivity contribution in [2.45, 2.75) is 11.7 Å². The molecule has 1 heterocycles. The molecule has 5 heteroatoms. The minimum Gasteiger partial charge on any atom is -0.466 e. The van der Waals surface area contributed by atoms with Crippen molar-refractivity contribution in [3.05, 3.63) is 47.5 Å². The molecule has 94 valence electrons. The van der Waals surface area contributed by atoms with Gasteiger partial charge in [-0.3, -0.25) is 0 Å². The fourth-order valence-corrected chi connectivity index (χ4v) is 1.88. The van der Waals surface area contributed by atoms with Gasteiger partial charge in [-0.1, -0.05) is 30.3 Å².